The van der Waals surface area contributed by atoms with Crippen molar-refractivity contribution in [1.82, 2.24) is 9.55 Å². The smallest absolute Gasteiger partial charge is 0.346 e. The highest BCUT2D eigenvalue weighted by Crippen LogP contribution is 2.29. The molecule has 0 amide bonds. The molecule has 2 aromatic heterocycles. The predicted molar refractivity (Wildman–Crippen MR) is 119 cm³/mol. The first kappa shape index (κ1) is 21.4. The number of thiophene rings is 1. The van der Waals surface area contributed by atoms with Crippen molar-refractivity contribution < 1.29 is 19.1 Å². The van der Waals surface area contributed by atoms with Crippen molar-refractivity contribution in [3.05, 3.63) is 96.6 Å². The molecule has 4 aromatic rings. The van der Waals surface area contributed by atoms with E-state index in [-0.39, 0.29) is 27.1 Å². The molecule has 0 unspecified atom stereocenters. The highest BCUT2D eigenvalue weighted by Gasteiger charge is 2.31. The van der Waals surface area contributed by atoms with Gasteiger partial charge in [0.1, 0.15) is 10.7 Å². The number of nitrogens with zero attached hydrogens (tertiary/aromatic N) is 1. The van der Waals surface area contributed by atoms with Crippen molar-refractivity contribution >= 4 is 34.0 Å². The molecule has 0 aliphatic carbocycles. The highest BCUT2D eigenvalue weighted by atomic mass is 32.1. The van der Waals surface area contributed by atoms with E-state index in [0.29, 0.717) is 4.57 Å². The molecule has 0 saturated carbocycles. The molecule has 162 valence electrons. The third-order valence-electron chi connectivity index (χ3n) is 5.36. The number of aromatic amines is 1. The fourth-order valence-corrected chi connectivity index (χ4v) is 4.41. The van der Waals surface area contributed by atoms with Crippen LogP contribution in [-0.2, 0) is 5.41 Å². The lowest BCUT2D eigenvalue weighted by atomic mass is 9.78. The number of carbonyl (C=O) groups excluding carboxylic acids is 1. The van der Waals surface area contributed by atoms with E-state index < -0.39 is 34.1 Å². The van der Waals surface area contributed by atoms with E-state index in [1.807, 2.05) is 6.07 Å². The van der Waals surface area contributed by atoms with E-state index in [1.54, 1.807) is 38.1 Å². The minimum Gasteiger partial charge on any atom is -0.477 e. The summed E-state index contributed by atoms with van der Waals surface area (Å²) in [6, 6.07) is 12.5. The Balaban J connectivity index is 1.91. The SMILES string of the molecule is CC(C)(C(=O)c1ccc(F)c(-n2c(=O)[nH]c3csc(C(=O)O)c3c2=O)c1)c1ccccc1. The molecule has 0 fully saturated rings. The van der Waals surface area contributed by atoms with Crippen LogP contribution in [-0.4, -0.2) is 26.4 Å². The molecule has 2 heterocycles. The molecule has 0 atom stereocenters. The van der Waals surface area contributed by atoms with Gasteiger partial charge in [-0.25, -0.2) is 18.5 Å². The second-order valence-corrected chi connectivity index (χ2v) is 8.60. The van der Waals surface area contributed by atoms with Crippen molar-refractivity contribution in [2.45, 2.75) is 19.3 Å². The number of carbonyl (C=O) groups is 2. The standard InChI is InChI=1S/C23H17FN2O5S/c1-23(2,13-6-4-3-5-7-13)19(27)12-8-9-14(24)16(10-12)26-20(28)17-15(25-22(26)31)11-32-18(17)21(29)30/h3-11H,1-2H3,(H,25,31)(H,29,30). The minimum absolute atomic E-state index is 0.0523. The van der Waals surface area contributed by atoms with Gasteiger partial charge in [-0.2, -0.15) is 0 Å². The van der Waals surface area contributed by atoms with Gasteiger partial charge in [0.2, 0.25) is 0 Å². The summed E-state index contributed by atoms with van der Waals surface area (Å²) in [5.74, 6) is -2.58. The fraction of sp³-hybridized carbons (Fsp3) is 0.130. The number of benzene rings is 2. The van der Waals surface area contributed by atoms with Crippen LogP contribution < -0.4 is 11.2 Å². The van der Waals surface area contributed by atoms with Crippen molar-refractivity contribution in [3.8, 4) is 5.69 Å². The van der Waals surface area contributed by atoms with E-state index in [0.717, 1.165) is 29.0 Å². The molecule has 0 aliphatic heterocycles. The molecule has 32 heavy (non-hydrogen) atoms. The topological polar surface area (TPSA) is 109 Å². The summed E-state index contributed by atoms with van der Waals surface area (Å²) in [5, 5.41) is 10.5. The molecular formula is C23H17FN2O5S. The second kappa shape index (κ2) is 7.69. The van der Waals surface area contributed by atoms with E-state index >= 15 is 0 Å². The highest BCUT2D eigenvalue weighted by molar-refractivity contribution is 7.13. The summed E-state index contributed by atoms with van der Waals surface area (Å²) in [4.78, 5) is 52.5. The first-order valence-electron chi connectivity index (χ1n) is 9.53. The molecule has 0 saturated heterocycles. The Morgan fingerprint density at radius 1 is 1.09 bits per heavy atom. The molecular weight excluding hydrogens is 435 g/mol. The van der Waals surface area contributed by atoms with E-state index in [4.69, 9.17) is 0 Å². The third-order valence-corrected chi connectivity index (χ3v) is 6.33. The van der Waals surface area contributed by atoms with Crippen LogP contribution in [0.2, 0.25) is 0 Å². The van der Waals surface area contributed by atoms with Gasteiger partial charge in [0.05, 0.1) is 22.0 Å². The van der Waals surface area contributed by atoms with Crippen molar-refractivity contribution in [1.29, 1.82) is 0 Å². The second-order valence-electron chi connectivity index (χ2n) is 7.72. The zero-order valence-electron chi connectivity index (χ0n) is 17.0. The molecule has 0 bridgehead atoms. The lowest BCUT2D eigenvalue weighted by Gasteiger charge is -2.24. The van der Waals surface area contributed by atoms with Crippen LogP contribution in [0.15, 0.2) is 63.5 Å². The predicted octanol–water partition coefficient (Wildman–Crippen LogP) is 3.74. The molecule has 0 aliphatic rings. The zero-order valence-corrected chi connectivity index (χ0v) is 17.8. The maximum absolute atomic E-state index is 14.7. The van der Waals surface area contributed by atoms with Crippen LogP contribution in [0.25, 0.3) is 16.6 Å². The number of fused-ring (bicyclic) bond motifs is 1. The summed E-state index contributed by atoms with van der Waals surface area (Å²) in [5.41, 5.74) is -2.41. The van der Waals surface area contributed by atoms with Crippen molar-refractivity contribution in [2.24, 2.45) is 0 Å². The van der Waals surface area contributed by atoms with Gasteiger partial charge < -0.3 is 10.1 Å². The van der Waals surface area contributed by atoms with Gasteiger partial charge in [-0.3, -0.25) is 9.59 Å². The van der Waals surface area contributed by atoms with Crippen LogP contribution in [0.5, 0.6) is 0 Å². The number of hydrogen-bond donors (Lipinski definition) is 2. The monoisotopic (exact) mass is 452 g/mol. The van der Waals surface area contributed by atoms with Crippen LogP contribution in [0.4, 0.5) is 4.39 Å². The molecule has 2 aromatic carbocycles. The number of aromatic nitrogens is 2. The van der Waals surface area contributed by atoms with Crippen molar-refractivity contribution in [2.75, 3.05) is 0 Å². The fourth-order valence-electron chi connectivity index (χ4n) is 3.59. The Morgan fingerprint density at radius 2 is 1.78 bits per heavy atom. The van der Waals surface area contributed by atoms with E-state index in [1.165, 1.54) is 11.4 Å². The lowest BCUT2D eigenvalue weighted by molar-refractivity contribution is 0.0703. The van der Waals surface area contributed by atoms with Gasteiger partial charge in [-0.15, -0.1) is 11.3 Å². The zero-order chi connectivity index (χ0) is 23.2. The Morgan fingerprint density at radius 3 is 2.44 bits per heavy atom. The molecule has 7 nitrogen and oxygen atoms in total. The summed E-state index contributed by atoms with van der Waals surface area (Å²) in [6.07, 6.45) is 0. The molecule has 2 N–H and O–H groups in total. The van der Waals surface area contributed by atoms with Gasteiger partial charge in [0.15, 0.2) is 5.78 Å². The summed E-state index contributed by atoms with van der Waals surface area (Å²) in [6.45, 7) is 3.45. The number of H-pyrrole nitrogens is 1. The number of carboxylic acid groups (broad SMARTS) is 1. The molecule has 9 heteroatoms. The molecule has 0 radical (unpaired) electrons. The maximum atomic E-state index is 14.7. The quantitative estimate of drug-likeness (QED) is 0.449. The number of carboxylic acids is 1. The number of aromatic carboxylic acids is 1. The first-order valence-corrected chi connectivity index (χ1v) is 10.4. The number of halogens is 1. The maximum Gasteiger partial charge on any atom is 0.346 e. The van der Waals surface area contributed by atoms with E-state index in [9.17, 15) is 28.7 Å². The number of Topliss-reactive ketones (excluding diaryl/α,β-unsaturated/α-hetero) is 1. The molecule has 0 spiro atoms. The van der Waals surface area contributed by atoms with Gasteiger partial charge >= 0.3 is 11.7 Å². The summed E-state index contributed by atoms with van der Waals surface area (Å²) >= 11 is 0.780. The largest absolute Gasteiger partial charge is 0.477 e. The lowest BCUT2D eigenvalue weighted by Crippen LogP contribution is -2.35. The summed E-state index contributed by atoms with van der Waals surface area (Å²) in [7, 11) is 0. The van der Waals surface area contributed by atoms with Crippen LogP contribution in [0.3, 0.4) is 0 Å². The van der Waals surface area contributed by atoms with Gasteiger partial charge in [-0.1, -0.05) is 30.3 Å². The minimum atomic E-state index is -1.34. The normalized spacial score (nSPS) is 11.6. The number of ketones is 1. The Bertz CT molecular complexity index is 1500. The van der Waals surface area contributed by atoms with Crippen molar-refractivity contribution in [3.63, 3.8) is 0 Å². The van der Waals surface area contributed by atoms with Crippen LogP contribution in [0, 0.1) is 5.82 Å². The number of hydrogen-bond acceptors (Lipinski definition) is 5. The Labute approximate surface area is 184 Å². The Kier molecular flexibility index (Phi) is 5.14. The third kappa shape index (κ3) is 3.36. The van der Waals surface area contributed by atoms with Crippen LogP contribution >= 0.6 is 11.3 Å². The average molecular weight is 452 g/mol. The molecule has 4 rings (SSSR count). The van der Waals surface area contributed by atoms with Crippen LogP contribution in [0.1, 0.15) is 39.4 Å². The number of rotatable bonds is 5. The van der Waals surface area contributed by atoms with Gasteiger partial charge in [-0.05, 0) is 37.6 Å². The number of nitrogens with one attached hydrogen (secondary N) is 1. The first-order chi connectivity index (χ1) is 15.1. The Hall–Kier alpha value is -3.85. The van der Waals surface area contributed by atoms with Gasteiger partial charge in [0.25, 0.3) is 5.56 Å². The average Bonchev–Trinajstić information content (AvgIpc) is 3.19. The van der Waals surface area contributed by atoms with E-state index in [2.05, 4.69) is 4.98 Å². The summed E-state index contributed by atoms with van der Waals surface area (Å²) < 4.78 is 15.3. The van der Waals surface area contributed by atoms with Gasteiger partial charge in [0, 0.05) is 10.9 Å².